The van der Waals surface area contributed by atoms with E-state index in [9.17, 15) is 8.42 Å². The molecule has 0 unspecified atom stereocenters. The van der Waals surface area contributed by atoms with Gasteiger partial charge in [-0.2, -0.15) is 0 Å². The maximum atomic E-state index is 11.7. The number of guanidine groups is 1. The molecule has 2 rings (SSSR count). The summed E-state index contributed by atoms with van der Waals surface area (Å²) in [4.78, 5) is 4.17. The molecule has 0 bridgehead atoms. The molecule has 2 aliphatic rings. The molecule has 2 saturated carbocycles. The first-order chi connectivity index (χ1) is 7.43. The third kappa shape index (κ3) is 2.31. The molecule has 0 atom stereocenters. The van der Waals surface area contributed by atoms with Crippen molar-refractivity contribution in [2.24, 2.45) is 10.7 Å². The molecule has 0 radical (unpaired) electrons. The van der Waals surface area contributed by atoms with Crippen molar-refractivity contribution in [2.75, 3.05) is 12.8 Å². The molecule has 0 saturated heterocycles. The molecule has 0 aliphatic heterocycles. The molecule has 3 N–H and O–H groups in total. The number of hydrogen-bond donors (Lipinski definition) is 2. The van der Waals surface area contributed by atoms with E-state index in [1.807, 2.05) is 0 Å². The van der Waals surface area contributed by atoms with Gasteiger partial charge in [0.1, 0.15) is 0 Å². The van der Waals surface area contributed by atoms with Gasteiger partial charge in [0, 0.05) is 12.3 Å². The van der Waals surface area contributed by atoms with Crippen molar-refractivity contribution in [3.8, 4) is 0 Å². The molecule has 0 aromatic heterocycles. The molecule has 0 heterocycles. The van der Waals surface area contributed by atoms with Gasteiger partial charge in [0.05, 0.1) is 11.3 Å². The highest BCUT2D eigenvalue weighted by Crippen LogP contribution is 2.39. The highest BCUT2D eigenvalue weighted by atomic mass is 32.2. The largest absolute Gasteiger partial charge is 0.370 e. The highest BCUT2D eigenvalue weighted by molar-refractivity contribution is 7.92. The normalized spacial score (nSPS) is 24.9. The minimum absolute atomic E-state index is 0.303. The second-order valence-electron chi connectivity index (χ2n) is 4.93. The van der Waals surface area contributed by atoms with Crippen LogP contribution in [0, 0.1) is 0 Å². The van der Waals surface area contributed by atoms with Gasteiger partial charge in [0.25, 0.3) is 0 Å². The predicted octanol–water partition coefficient (Wildman–Crippen LogP) is 0.0204. The lowest BCUT2D eigenvalue weighted by Gasteiger charge is -2.38. The van der Waals surface area contributed by atoms with Crippen LogP contribution in [-0.4, -0.2) is 38.0 Å². The van der Waals surface area contributed by atoms with Crippen molar-refractivity contribution in [3.05, 3.63) is 0 Å². The number of rotatable bonds is 4. The third-order valence-electron chi connectivity index (χ3n) is 3.52. The number of nitrogens with one attached hydrogen (secondary N) is 1. The van der Waals surface area contributed by atoms with Crippen LogP contribution in [0.1, 0.15) is 32.1 Å². The van der Waals surface area contributed by atoms with Crippen LogP contribution in [0.4, 0.5) is 0 Å². The van der Waals surface area contributed by atoms with E-state index in [1.54, 1.807) is 0 Å². The van der Waals surface area contributed by atoms with Gasteiger partial charge in [-0.05, 0) is 25.7 Å². The van der Waals surface area contributed by atoms with Crippen LogP contribution in [-0.2, 0) is 9.84 Å². The van der Waals surface area contributed by atoms with Gasteiger partial charge in [-0.15, -0.1) is 0 Å². The Hall–Kier alpha value is -0.780. The summed E-state index contributed by atoms with van der Waals surface area (Å²) in [6.45, 7) is 0.303. The summed E-state index contributed by atoms with van der Waals surface area (Å²) < 4.78 is 22.7. The Morgan fingerprint density at radius 3 is 2.50 bits per heavy atom. The first-order valence-corrected chi connectivity index (χ1v) is 7.58. The monoisotopic (exact) mass is 245 g/mol. The van der Waals surface area contributed by atoms with E-state index < -0.39 is 14.6 Å². The Kier molecular flexibility index (Phi) is 2.86. The van der Waals surface area contributed by atoms with Gasteiger partial charge in [-0.25, -0.2) is 8.42 Å². The van der Waals surface area contributed by atoms with Crippen molar-refractivity contribution in [3.63, 3.8) is 0 Å². The fraction of sp³-hybridized carbons (Fsp3) is 0.900. The molecule has 16 heavy (non-hydrogen) atoms. The van der Waals surface area contributed by atoms with Gasteiger partial charge < -0.3 is 11.1 Å². The van der Waals surface area contributed by atoms with Crippen LogP contribution in [0.5, 0.6) is 0 Å². The second kappa shape index (κ2) is 3.91. The minimum atomic E-state index is -3.03. The molecular weight excluding hydrogens is 226 g/mol. The Bertz CT molecular complexity index is 394. The Morgan fingerprint density at radius 1 is 1.50 bits per heavy atom. The third-order valence-corrected chi connectivity index (χ3v) is 5.63. The van der Waals surface area contributed by atoms with E-state index >= 15 is 0 Å². The molecule has 0 aromatic rings. The lowest BCUT2D eigenvalue weighted by molar-refractivity contribution is 0.346. The minimum Gasteiger partial charge on any atom is -0.370 e. The lowest BCUT2D eigenvalue weighted by Crippen LogP contribution is -2.48. The van der Waals surface area contributed by atoms with Gasteiger partial charge in [0.2, 0.25) is 0 Å². The first-order valence-electron chi connectivity index (χ1n) is 5.69. The zero-order chi connectivity index (χ0) is 11.8. The topological polar surface area (TPSA) is 84.5 Å². The zero-order valence-electron chi connectivity index (χ0n) is 9.57. The van der Waals surface area contributed by atoms with Crippen LogP contribution in [0.15, 0.2) is 4.99 Å². The SMILES string of the molecule is CS(=O)(=O)C1(CN=C(N)NC2CC2)CCC1. The van der Waals surface area contributed by atoms with Gasteiger partial charge in [0.15, 0.2) is 15.8 Å². The number of nitrogens with two attached hydrogens (primary N) is 1. The fourth-order valence-corrected chi connectivity index (χ4v) is 3.26. The Labute approximate surface area is 96.4 Å². The zero-order valence-corrected chi connectivity index (χ0v) is 10.4. The molecule has 0 amide bonds. The lowest BCUT2D eigenvalue weighted by atomic mass is 9.84. The van der Waals surface area contributed by atoms with E-state index in [0.29, 0.717) is 31.4 Å². The summed E-state index contributed by atoms with van der Waals surface area (Å²) in [5.74, 6) is 0.387. The second-order valence-corrected chi connectivity index (χ2v) is 7.34. The maximum absolute atomic E-state index is 11.7. The summed E-state index contributed by atoms with van der Waals surface area (Å²) in [7, 11) is -3.03. The number of aliphatic imine (C=N–C) groups is 1. The average Bonchev–Trinajstić information content (AvgIpc) is 2.83. The average molecular weight is 245 g/mol. The van der Waals surface area contributed by atoms with E-state index in [0.717, 1.165) is 19.3 Å². The van der Waals surface area contributed by atoms with Crippen LogP contribution in [0.3, 0.4) is 0 Å². The standard InChI is InChI=1S/C10H19N3O2S/c1-16(14,15)10(5-2-6-10)7-12-9(11)13-8-3-4-8/h8H,2-7H2,1H3,(H3,11,12,13). The van der Waals surface area contributed by atoms with Crippen molar-refractivity contribution in [2.45, 2.75) is 42.9 Å². The molecule has 0 spiro atoms. The van der Waals surface area contributed by atoms with Crippen LogP contribution < -0.4 is 11.1 Å². The van der Waals surface area contributed by atoms with E-state index in [1.165, 1.54) is 6.26 Å². The molecule has 0 aromatic carbocycles. The summed E-state index contributed by atoms with van der Waals surface area (Å²) in [6, 6.07) is 0.458. The smallest absolute Gasteiger partial charge is 0.188 e. The quantitative estimate of drug-likeness (QED) is 0.540. The Morgan fingerprint density at radius 2 is 2.12 bits per heavy atom. The van der Waals surface area contributed by atoms with E-state index in [4.69, 9.17) is 5.73 Å². The molecule has 2 fully saturated rings. The molecule has 2 aliphatic carbocycles. The fourth-order valence-electron chi connectivity index (χ4n) is 1.93. The summed E-state index contributed by atoms with van der Waals surface area (Å²) in [5, 5.41) is 3.06. The van der Waals surface area contributed by atoms with Gasteiger partial charge in [-0.3, -0.25) is 4.99 Å². The highest BCUT2D eigenvalue weighted by Gasteiger charge is 2.46. The molecule has 92 valence electrons. The van der Waals surface area contributed by atoms with Gasteiger partial charge in [-0.1, -0.05) is 6.42 Å². The first kappa shape index (κ1) is 11.7. The maximum Gasteiger partial charge on any atom is 0.188 e. The van der Waals surface area contributed by atoms with Crippen molar-refractivity contribution in [1.29, 1.82) is 0 Å². The summed E-state index contributed by atoms with van der Waals surface area (Å²) in [5.41, 5.74) is 5.69. The summed E-state index contributed by atoms with van der Waals surface area (Å²) in [6.07, 6.45) is 5.96. The Balaban J connectivity index is 1.96. The van der Waals surface area contributed by atoms with Crippen LogP contribution >= 0.6 is 0 Å². The van der Waals surface area contributed by atoms with Crippen molar-refractivity contribution >= 4 is 15.8 Å². The van der Waals surface area contributed by atoms with Crippen molar-refractivity contribution < 1.29 is 8.42 Å². The molecule has 6 heteroatoms. The van der Waals surface area contributed by atoms with E-state index in [-0.39, 0.29) is 0 Å². The van der Waals surface area contributed by atoms with Crippen LogP contribution in [0.2, 0.25) is 0 Å². The number of sulfone groups is 1. The van der Waals surface area contributed by atoms with E-state index in [2.05, 4.69) is 10.3 Å². The summed E-state index contributed by atoms with van der Waals surface area (Å²) >= 11 is 0. The molecular formula is C10H19N3O2S. The van der Waals surface area contributed by atoms with Crippen LogP contribution in [0.25, 0.3) is 0 Å². The number of hydrogen-bond acceptors (Lipinski definition) is 3. The molecule has 5 nitrogen and oxygen atoms in total. The van der Waals surface area contributed by atoms with Crippen molar-refractivity contribution in [1.82, 2.24) is 5.32 Å². The predicted molar refractivity (Wildman–Crippen MR) is 64.1 cm³/mol. The van der Waals surface area contributed by atoms with Gasteiger partial charge >= 0.3 is 0 Å². The number of nitrogens with zero attached hydrogens (tertiary/aromatic N) is 1.